The van der Waals surface area contributed by atoms with Crippen molar-refractivity contribution in [1.82, 2.24) is 0 Å². The van der Waals surface area contributed by atoms with Gasteiger partial charge < -0.3 is 15.6 Å². The van der Waals surface area contributed by atoms with Crippen molar-refractivity contribution < 1.29 is 18.6 Å². The van der Waals surface area contributed by atoms with Crippen LogP contribution in [0.25, 0.3) is 0 Å². The summed E-state index contributed by atoms with van der Waals surface area (Å²) in [4.78, 5) is 0. The third-order valence-corrected chi connectivity index (χ3v) is 2.82. The molecule has 0 fully saturated rings. The lowest BCUT2D eigenvalue weighted by atomic mass is 9.91. The smallest absolute Gasteiger partial charge is 0.300 e. The van der Waals surface area contributed by atoms with E-state index < -0.39 is 17.6 Å². The largest absolute Gasteiger partial charge is 0.497 e. The van der Waals surface area contributed by atoms with Gasteiger partial charge in [-0.25, -0.2) is 0 Å². The number of hydrogen-bond acceptors (Lipinski definition) is 3. The zero-order chi connectivity index (χ0) is 14.1. The molecule has 0 aromatic heterocycles. The molecular weight excluding hydrogens is 240 g/mol. The van der Waals surface area contributed by atoms with E-state index in [9.17, 15) is 13.9 Å². The molecule has 18 heavy (non-hydrogen) atoms. The number of methoxy groups -OCH3 is 1. The van der Waals surface area contributed by atoms with Gasteiger partial charge in [0.25, 0.3) is 0 Å². The Morgan fingerprint density at radius 3 is 2.22 bits per heavy atom. The van der Waals surface area contributed by atoms with E-state index in [1.54, 1.807) is 13.0 Å². The second-order valence-electron chi connectivity index (χ2n) is 4.92. The highest BCUT2D eigenvalue weighted by Crippen LogP contribution is 2.40. The van der Waals surface area contributed by atoms with E-state index in [1.807, 2.05) is 0 Å². The number of rotatable bonds is 4. The van der Waals surface area contributed by atoms with Crippen LogP contribution in [-0.4, -0.2) is 17.8 Å². The highest BCUT2D eigenvalue weighted by molar-refractivity contribution is 5.38. The van der Waals surface area contributed by atoms with E-state index in [4.69, 9.17) is 10.5 Å². The van der Waals surface area contributed by atoms with Gasteiger partial charge in [0.15, 0.2) is 0 Å². The van der Waals surface area contributed by atoms with Crippen LogP contribution in [-0.2, 0) is 5.92 Å². The van der Waals surface area contributed by atoms with Crippen molar-refractivity contribution in [3.05, 3.63) is 29.3 Å². The maximum absolute atomic E-state index is 14.1. The Balaban J connectivity index is 3.36. The van der Waals surface area contributed by atoms with Crippen molar-refractivity contribution >= 4 is 0 Å². The van der Waals surface area contributed by atoms with E-state index in [-0.39, 0.29) is 5.56 Å². The van der Waals surface area contributed by atoms with Gasteiger partial charge in [-0.3, -0.25) is 0 Å². The van der Waals surface area contributed by atoms with E-state index in [0.717, 1.165) is 13.8 Å². The van der Waals surface area contributed by atoms with Gasteiger partial charge in [-0.1, -0.05) is 0 Å². The molecule has 1 rings (SSSR count). The van der Waals surface area contributed by atoms with E-state index in [0.29, 0.717) is 11.3 Å². The lowest BCUT2D eigenvalue weighted by molar-refractivity contribution is -0.168. The lowest BCUT2D eigenvalue weighted by Gasteiger charge is -2.30. The van der Waals surface area contributed by atoms with Crippen LogP contribution in [0.2, 0.25) is 0 Å². The molecule has 3 N–H and O–H groups in total. The average Bonchev–Trinajstić information content (AvgIpc) is 2.26. The van der Waals surface area contributed by atoms with Crippen LogP contribution in [0.4, 0.5) is 8.78 Å². The number of halogens is 2. The van der Waals surface area contributed by atoms with Crippen molar-refractivity contribution in [2.45, 2.75) is 38.3 Å². The summed E-state index contributed by atoms with van der Waals surface area (Å²) in [7, 11) is 1.40. The Morgan fingerprint density at radius 1 is 1.28 bits per heavy atom. The number of aliphatic hydroxyl groups is 1. The first-order valence-corrected chi connectivity index (χ1v) is 5.65. The second kappa shape index (κ2) is 4.82. The average molecular weight is 259 g/mol. The molecule has 0 aliphatic rings. The van der Waals surface area contributed by atoms with Crippen LogP contribution in [0.3, 0.4) is 0 Å². The van der Waals surface area contributed by atoms with E-state index in [1.165, 1.54) is 19.2 Å². The topological polar surface area (TPSA) is 55.5 Å². The fourth-order valence-corrected chi connectivity index (χ4v) is 1.54. The molecule has 0 amide bonds. The Bertz CT molecular complexity index is 425. The Kier molecular flexibility index (Phi) is 3.98. The van der Waals surface area contributed by atoms with Crippen LogP contribution in [0.15, 0.2) is 18.2 Å². The summed E-state index contributed by atoms with van der Waals surface area (Å²) in [5.41, 5.74) is 3.77. The standard InChI is InChI=1S/C13H19F2NO2/c1-8(16)9-5-10(7-11(6-9)18-4)13(14,15)12(2,3)17/h5-8,17H,16H2,1-4H3/t8-/m1/s1. The maximum Gasteiger partial charge on any atom is 0.300 e. The Labute approximate surface area is 106 Å². The van der Waals surface area contributed by atoms with Crippen LogP contribution in [0.5, 0.6) is 5.75 Å². The summed E-state index contributed by atoms with van der Waals surface area (Å²) < 4.78 is 33.1. The van der Waals surface area contributed by atoms with Crippen LogP contribution in [0, 0.1) is 0 Å². The Hall–Kier alpha value is -1.20. The van der Waals surface area contributed by atoms with Gasteiger partial charge in [0.2, 0.25) is 0 Å². The van der Waals surface area contributed by atoms with Crippen molar-refractivity contribution in [3.8, 4) is 5.75 Å². The maximum atomic E-state index is 14.1. The monoisotopic (exact) mass is 259 g/mol. The fourth-order valence-electron chi connectivity index (χ4n) is 1.54. The zero-order valence-electron chi connectivity index (χ0n) is 11.0. The highest BCUT2D eigenvalue weighted by atomic mass is 19.3. The number of ether oxygens (including phenoxy) is 1. The minimum Gasteiger partial charge on any atom is -0.497 e. The van der Waals surface area contributed by atoms with Gasteiger partial charge in [-0.15, -0.1) is 0 Å². The number of alkyl halides is 2. The molecule has 1 aromatic rings. The minimum absolute atomic E-state index is 0.295. The summed E-state index contributed by atoms with van der Waals surface area (Å²) in [5, 5.41) is 9.57. The molecule has 0 aliphatic carbocycles. The van der Waals surface area contributed by atoms with Gasteiger partial charge in [-0.2, -0.15) is 8.78 Å². The first kappa shape index (κ1) is 14.9. The SMILES string of the molecule is COc1cc([C@@H](C)N)cc(C(F)(F)C(C)(C)O)c1. The molecule has 5 heteroatoms. The molecule has 1 aromatic carbocycles. The summed E-state index contributed by atoms with van der Waals surface area (Å²) in [6, 6.07) is 3.72. The summed E-state index contributed by atoms with van der Waals surface area (Å²) in [6.45, 7) is 3.83. The summed E-state index contributed by atoms with van der Waals surface area (Å²) in [6.07, 6.45) is 0. The molecule has 102 valence electrons. The fraction of sp³-hybridized carbons (Fsp3) is 0.538. The number of benzene rings is 1. The first-order valence-electron chi connectivity index (χ1n) is 5.65. The van der Waals surface area contributed by atoms with Crippen molar-refractivity contribution in [2.75, 3.05) is 7.11 Å². The highest BCUT2D eigenvalue weighted by Gasteiger charge is 2.47. The van der Waals surface area contributed by atoms with Crippen LogP contribution < -0.4 is 10.5 Å². The second-order valence-corrected chi connectivity index (χ2v) is 4.92. The predicted molar refractivity (Wildman–Crippen MR) is 65.8 cm³/mol. The Morgan fingerprint density at radius 2 is 1.83 bits per heavy atom. The number of nitrogens with two attached hydrogens (primary N) is 1. The molecule has 3 nitrogen and oxygen atoms in total. The molecule has 1 atom stereocenters. The van der Waals surface area contributed by atoms with Crippen molar-refractivity contribution in [1.29, 1.82) is 0 Å². The molecule has 0 spiro atoms. The number of hydrogen-bond donors (Lipinski definition) is 2. The van der Waals surface area contributed by atoms with Crippen molar-refractivity contribution in [3.63, 3.8) is 0 Å². The summed E-state index contributed by atoms with van der Waals surface area (Å²) >= 11 is 0. The predicted octanol–water partition coefficient (Wildman–Crippen LogP) is 2.58. The van der Waals surface area contributed by atoms with E-state index in [2.05, 4.69) is 0 Å². The third-order valence-electron chi connectivity index (χ3n) is 2.82. The molecule has 0 unspecified atom stereocenters. The first-order chi connectivity index (χ1) is 8.09. The van der Waals surface area contributed by atoms with Crippen LogP contribution in [0.1, 0.15) is 37.9 Å². The van der Waals surface area contributed by atoms with Gasteiger partial charge in [0, 0.05) is 11.6 Å². The molecule has 0 saturated carbocycles. The molecule has 0 radical (unpaired) electrons. The zero-order valence-corrected chi connectivity index (χ0v) is 11.0. The molecule has 0 saturated heterocycles. The molecular formula is C13H19F2NO2. The lowest BCUT2D eigenvalue weighted by Crippen LogP contribution is -2.40. The third kappa shape index (κ3) is 2.79. The van der Waals surface area contributed by atoms with Gasteiger partial charge in [0.1, 0.15) is 11.4 Å². The molecule has 0 heterocycles. The summed E-state index contributed by atoms with van der Waals surface area (Å²) in [5.74, 6) is -3.09. The minimum atomic E-state index is -3.38. The van der Waals surface area contributed by atoms with Crippen LogP contribution >= 0.6 is 0 Å². The van der Waals surface area contributed by atoms with Gasteiger partial charge >= 0.3 is 5.92 Å². The molecule has 0 aliphatic heterocycles. The van der Waals surface area contributed by atoms with Crippen molar-refractivity contribution in [2.24, 2.45) is 5.73 Å². The van der Waals surface area contributed by atoms with E-state index >= 15 is 0 Å². The van der Waals surface area contributed by atoms with Gasteiger partial charge in [0.05, 0.1) is 7.11 Å². The quantitative estimate of drug-likeness (QED) is 0.873. The van der Waals surface area contributed by atoms with Gasteiger partial charge in [-0.05, 0) is 44.5 Å². The molecule has 0 bridgehead atoms. The normalized spacial score (nSPS) is 14.4.